The van der Waals surface area contributed by atoms with Gasteiger partial charge in [-0.1, -0.05) is 12.8 Å². The zero-order chi connectivity index (χ0) is 30.4. The third-order valence-electron chi connectivity index (χ3n) is 9.42. The lowest BCUT2D eigenvalue weighted by Gasteiger charge is -2.53. The van der Waals surface area contributed by atoms with Crippen molar-refractivity contribution in [1.82, 2.24) is 25.2 Å². The van der Waals surface area contributed by atoms with Gasteiger partial charge in [-0.25, -0.2) is 14.8 Å². The normalized spacial score (nSPS) is 21.0. The zero-order valence-corrected chi connectivity index (χ0v) is 26.3. The van der Waals surface area contributed by atoms with Gasteiger partial charge in [0.05, 0.1) is 25.0 Å². The molecule has 0 atom stereocenters. The number of methoxy groups -OCH3 is 1. The largest absolute Gasteiger partial charge is 0.495 e. The highest BCUT2D eigenvalue weighted by molar-refractivity contribution is 5.99. The summed E-state index contributed by atoms with van der Waals surface area (Å²) in [5.41, 5.74) is 1.81. The topological polar surface area (TPSA) is 106 Å². The monoisotopic (exact) mass is 578 g/mol. The van der Waals surface area contributed by atoms with E-state index in [1.807, 2.05) is 13.0 Å². The second kappa shape index (κ2) is 11.2. The van der Waals surface area contributed by atoms with E-state index in [4.69, 9.17) is 9.72 Å². The zero-order valence-electron chi connectivity index (χ0n) is 26.3. The molecule has 3 amide bonds. The smallest absolute Gasteiger partial charge is 0.343 e. The van der Waals surface area contributed by atoms with E-state index in [1.54, 1.807) is 42.4 Å². The Morgan fingerprint density at radius 1 is 1.10 bits per heavy atom. The highest BCUT2D eigenvalue weighted by Gasteiger charge is 2.43. The van der Waals surface area contributed by atoms with E-state index in [1.165, 1.54) is 0 Å². The maximum atomic E-state index is 13.3. The molecular weight excluding hydrogens is 532 g/mol. The Balaban J connectivity index is 1.37. The summed E-state index contributed by atoms with van der Waals surface area (Å²) in [4.78, 5) is 39.9. The first kappa shape index (κ1) is 29.9. The minimum Gasteiger partial charge on any atom is -0.495 e. The molecule has 0 spiro atoms. The number of piperidine rings is 1. The third kappa shape index (κ3) is 5.46. The number of likely N-dealkylation sites (tertiary alicyclic amines) is 1. The molecule has 0 bridgehead atoms. The number of aromatic nitrogens is 2. The number of nitrogens with one attached hydrogen (secondary N) is 2. The molecule has 2 aromatic rings. The van der Waals surface area contributed by atoms with Gasteiger partial charge in [-0.15, -0.1) is 0 Å². The van der Waals surface area contributed by atoms with E-state index in [-0.39, 0.29) is 35.1 Å². The SMILES string of the molecule is CCN1C(=O)N(C)c2cnc(Nc3ccc(C(=O)NC4CC(C)(C)N(C)C(C)(C)C4)cc3OC)nc2N1C1CCCC1. The number of hydrogen-bond donors (Lipinski definition) is 2. The van der Waals surface area contributed by atoms with Gasteiger partial charge < -0.3 is 15.4 Å². The van der Waals surface area contributed by atoms with Gasteiger partial charge in [0, 0.05) is 36.3 Å². The van der Waals surface area contributed by atoms with Gasteiger partial charge in [-0.3, -0.25) is 19.6 Å². The molecule has 1 aromatic heterocycles. The molecule has 2 aliphatic heterocycles. The highest BCUT2D eigenvalue weighted by atomic mass is 16.5. The Kier molecular flexibility index (Phi) is 8.00. The summed E-state index contributed by atoms with van der Waals surface area (Å²) in [5.74, 6) is 1.50. The average Bonchev–Trinajstić information content (AvgIpc) is 3.48. The van der Waals surface area contributed by atoms with Crippen molar-refractivity contribution >= 4 is 35.1 Å². The molecule has 1 saturated heterocycles. The van der Waals surface area contributed by atoms with Crippen molar-refractivity contribution in [2.45, 2.75) is 96.3 Å². The molecule has 0 unspecified atom stereocenters. The summed E-state index contributed by atoms with van der Waals surface area (Å²) in [6.07, 6.45) is 7.75. The quantitative estimate of drug-likeness (QED) is 0.464. The van der Waals surface area contributed by atoms with E-state index in [2.05, 4.69) is 60.3 Å². The van der Waals surface area contributed by atoms with Gasteiger partial charge in [0.1, 0.15) is 11.4 Å². The lowest BCUT2D eigenvalue weighted by atomic mass is 9.77. The lowest BCUT2D eigenvalue weighted by Crippen LogP contribution is -2.62. The van der Waals surface area contributed by atoms with Crippen molar-refractivity contribution < 1.29 is 14.3 Å². The highest BCUT2D eigenvalue weighted by Crippen LogP contribution is 2.40. The van der Waals surface area contributed by atoms with Crippen molar-refractivity contribution in [2.24, 2.45) is 0 Å². The van der Waals surface area contributed by atoms with Crippen LogP contribution in [0.1, 0.15) is 83.5 Å². The van der Waals surface area contributed by atoms with E-state index in [0.717, 1.165) is 38.5 Å². The number of benzene rings is 1. The summed E-state index contributed by atoms with van der Waals surface area (Å²) >= 11 is 0. The molecule has 1 aliphatic carbocycles. The number of anilines is 4. The predicted molar refractivity (Wildman–Crippen MR) is 166 cm³/mol. The number of hydrazine groups is 1. The Morgan fingerprint density at radius 3 is 2.38 bits per heavy atom. The summed E-state index contributed by atoms with van der Waals surface area (Å²) in [6.45, 7) is 11.4. The minimum atomic E-state index is -0.120. The van der Waals surface area contributed by atoms with Crippen molar-refractivity contribution in [1.29, 1.82) is 0 Å². The molecule has 2 N–H and O–H groups in total. The molecular formula is C31H46N8O3. The number of urea groups is 1. The van der Waals surface area contributed by atoms with Gasteiger partial charge in [-0.05, 0) is 85.5 Å². The number of hydrogen-bond acceptors (Lipinski definition) is 8. The van der Waals surface area contributed by atoms with Gasteiger partial charge in [-0.2, -0.15) is 4.98 Å². The molecule has 42 heavy (non-hydrogen) atoms. The number of rotatable bonds is 7. The molecule has 5 rings (SSSR count). The van der Waals surface area contributed by atoms with Crippen molar-refractivity contribution in [2.75, 3.05) is 43.0 Å². The molecule has 11 nitrogen and oxygen atoms in total. The molecule has 3 aliphatic rings. The fourth-order valence-corrected chi connectivity index (χ4v) is 6.92. The fourth-order valence-electron chi connectivity index (χ4n) is 6.92. The van der Waals surface area contributed by atoms with Crippen LogP contribution in [-0.4, -0.2) is 82.7 Å². The average molecular weight is 579 g/mol. The van der Waals surface area contributed by atoms with Crippen LogP contribution < -0.4 is 25.3 Å². The molecule has 1 saturated carbocycles. The molecule has 1 aromatic carbocycles. The van der Waals surface area contributed by atoms with Crippen LogP contribution in [0.15, 0.2) is 24.4 Å². The number of carbonyl (C=O) groups is 2. The van der Waals surface area contributed by atoms with Crippen LogP contribution in [0, 0.1) is 0 Å². The van der Waals surface area contributed by atoms with Gasteiger partial charge in [0.25, 0.3) is 5.91 Å². The summed E-state index contributed by atoms with van der Waals surface area (Å²) < 4.78 is 5.68. The number of fused-ring (bicyclic) bond motifs is 1. The predicted octanol–water partition coefficient (Wildman–Crippen LogP) is 5.17. The number of ether oxygens (including phenoxy) is 1. The standard InChI is InChI=1S/C31H46N8O3/c1-9-38-29(41)36(6)24-19-32-28(35-26(24)39(38)22-12-10-11-13-22)34-23-15-14-20(16-25(23)42-8)27(40)33-21-17-30(2,3)37(7)31(4,5)18-21/h14-16,19,21-22H,9-13,17-18H2,1-8H3,(H,33,40)(H,32,34,35). The maximum absolute atomic E-state index is 13.3. The van der Waals surface area contributed by atoms with E-state index in [9.17, 15) is 9.59 Å². The van der Waals surface area contributed by atoms with E-state index >= 15 is 0 Å². The first-order valence-corrected chi connectivity index (χ1v) is 15.1. The number of amides is 3. The van der Waals surface area contributed by atoms with Crippen LogP contribution in [0.4, 0.5) is 27.9 Å². The Bertz CT molecular complexity index is 1320. The molecule has 11 heteroatoms. The molecule has 3 heterocycles. The van der Waals surface area contributed by atoms with Crippen LogP contribution in [0.3, 0.4) is 0 Å². The van der Waals surface area contributed by atoms with Crippen molar-refractivity contribution in [3.05, 3.63) is 30.0 Å². The summed E-state index contributed by atoms with van der Waals surface area (Å²) in [6, 6.07) is 5.57. The van der Waals surface area contributed by atoms with Crippen LogP contribution in [-0.2, 0) is 0 Å². The number of nitrogens with zero attached hydrogens (tertiary/aromatic N) is 6. The second-order valence-corrected chi connectivity index (χ2v) is 13.0. The maximum Gasteiger partial charge on any atom is 0.343 e. The van der Waals surface area contributed by atoms with Crippen molar-refractivity contribution in [3.63, 3.8) is 0 Å². The van der Waals surface area contributed by atoms with Crippen LogP contribution in [0.25, 0.3) is 0 Å². The molecule has 0 radical (unpaired) electrons. The van der Waals surface area contributed by atoms with Gasteiger partial charge in [0.15, 0.2) is 5.82 Å². The van der Waals surface area contributed by atoms with Crippen LogP contribution in [0.5, 0.6) is 5.75 Å². The summed E-state index contributed by atoms with van der Waals surface area (Å²) in [7, 11) is 5.50. The van der Waals surface area contributed by atoms with Gasteiger partial charge in [0.2, 0.25) is 5.95 Å². The van der Waals surface area contributed by atoms with Gasteiger partial charge >= 0.3 is 6.03 Å². The molecule has 228 valence electrons. The van der Waals surface area contributed by atoms with E-state index in [0.29, 0.717) is 41.0 Å². The summed E-state index contributed by atoms with van der Waals surface area (Å²) in [5, 5.41) is 10.4. The Morgan fingerprint density at radius 2 is 1.76 bits per heavy atom. The third-order valence-corrected chi connectivity index (χ3v) is 9.42. The Hall–Kier alpha value is -3.60. The first-order valence-electron chi connectivity index (χ1n) is 15.1. The number of carbonyl (C=O) groups excluding carboxylic acids is 2. The fraction of sp³-hybridized carbons (Fsp3) is 0.613. The Labute approximate surface area is 249 Å². The molecule has 2 fully saturated rings. The lowest BCUT2D eigenvalue weighted by molar-refractivity contribution is -0.0169. The van der Waals surface area contributed by atoms with Crippen LogP contribution >= 0.6 is 0 Å². The second-order valence-electron chi connectivity index (χ2n) is 13.0. The van der Waals surface area contributed by atoms with Crippen molar-refractivity contribution in [3.8, 4) is 5.75 Å². The first-order chi connectivity index (χ1) is 19.9. The van der Waals surface area contributed by atoms with Crippen LogP contribution in [0.2, 0.25) is 0 Å². The van der Waals surface area contributed by atoms with E-state index < -0.39 is 0 Å². The minimum absolute atomic E-state index is 0.0242.